The van der Waals surface area contributed by atoms with Gasteiger partial charge in [0.15, 0.2) is 6.10 Å². The van der Waals surface area contributed by atoms with E-state index in [-0.39, 0.29) is 31.1 Å². The zero-order chi connectivity index (χ0) is 48.6. The van der Waals surface area contributed by atoms with Crippen molar-refractivity contribution in [2.45, 2.75) is 309 Å². The van der Waals surface area contributed by atoms with Crippen molar-refractivity contribution in [2.24, 2.45) is 0 Å². The Morgan fingerprint density at radius 2 is 0.582 bits per heavy atom. The van der Waals surface area contributed by atoms with Crippen LogP contribution >= 0.6 is 0 Å². The van der Waals surface area contributed by atoms with Crippen molar-refractivity contribution >= 4 is 17.9 Å². The number of rotatable bonds is 53. The van der Waals surface area contributed by atoms with Crippen LogP contribution in [0.15, 0.2) is 48.6 Å². The molecule has 0 saturated heterocycles. The topological polar surface area (TPSA) is 78.9 Å². The lowest BCUT2D eigenvalue weighted by molar-refractivity contribution is -0.167. The number of unbranched alkanes of at least 4 members (excludes halogenated alkanes) is 34. The van der Waals surface area contributed by atoms with Gasteiger partial charge in [0.2, 0.25) is 0 Å². The summed E-state index contributed by atoms with van der Waals surface area (Å²) < 4.78 is 16.8. The highest BCUT2D eigenvalue weighted by Crippen LogP contribution is 2.17. The predicted octanol–water partition coefficient (Wildman–Crippen LogP) is 19.4. The maximum atomic E-state index is 12.8. The molecule has 0 amide bonds. The summed E-state index contributed by atoms with van der Waals surface area (Å²) in [7, 11) is 0. The van der Waals surface area contributed by atoms with Crippen LogP contribution in [0.3, 0.4) is 0 Å². The van der Waals surface area contributed by atoms with Crippen molar-refractivity contribution in [3.63, 3.8) is 0 Å². The van der Waals surface area contributed by atoms with Gasteiger partial charge in [-0.3, -0.25) is 14.4 Å². The van der Waals surface area contributed by atoms with Crippen molar-refractivity contribution in [3.8, 4) is 0 Å². The van der Waals surface area contributed by atoms with Gasteiger partial charge < -0.3 is 14.2 Å². The maximum absolute atomic E-state index is 12.8. The monoisotopic (exact) mass is 939 g/mol. The quantitative estimate of drug-likeness (QED) is 0.0262. The number of esters is 3. The van der Waals surface area contributed by atoms with Crippen LogP contribution in [0.4, 0.5) is 0 Å². The molecule has 1 unspecified atom stereocenters. The summed E-state index contributed by atoms with van der Waals surface area (Å²) in [6, 6.07) is 0. The second kappa shape index (κ2) is 56.0. The van der Waals surface area contributed by atoms with E-state index < -0.39 is 6.10 Å². The molecule has 0 bridgehead atoms. The molecule has 0 N–H and O–H groups in total. The molecule has 0 aromatic rings. The molecule has 0 aromatic carbocycles. The normalized spacial score (nSPS) is 12.3. The third kappa shape index (κ3) is 54.2. The summed E-state index contributed by atoms with van der Waals surface area (Å²) in [5.74, 6) is -0.856. The molecule has 0 aliphatic heterocycles. The molecular weight excluding hydrogens is 829 g/mol. The van der Waals surface area contributed by atoms with Crippen molar-refractivity contribution in [3.05, 3.63) is 48.6 Å². The summed E-state index contributed by atoms with van der Waals surface area (Å²) >= 11 is 0. The highest BCUT2D eigenvalue weighted by molar-refractivity contribution is 5.71. The van der Waals surface area contributed by atoms with Crippen molar-refractivity contribution < 1.29 is 28.6 Å². The Balaban J connectivity index is 4.05. The number of allylic oxidation sites excluding steroid dienone is 8. The zero-order valence-corrected chi connectivity index (χ0v) is 44.7. The van der Waals surface area contributed by atoms with Gasteiger partial charge in [-0.15, -0.1) is 0 Å². The molecule has 0 fully saturated rings. The van der Waals surface area contributed by atoms with E-state index in [0.717, 1.165) is 83.5 Å². The van der Waals surface area contributed by atoms with E-state index in [1.165, 1.54) is 180 Å². The van der Waals surface area contributed by atoms with Crippen LogP contribution in [0.1, 0.15) is 303 Å². The fraction of sp³-hybridized carbons (Fsp3) is 0.820. The summed E-state index contributed by atoms with van der Waals surface area (Å²) in [6.07, 6.45) is 68.4. The minimum Gasteiger partial charge on any atom is -0.462 e. The summed E-state index contributed by atoms with van der Waals surface area (Å²) in [6.45, 7) is 6.53. The van der Waals surface area contributed by atoms with Crippen LogP contribution in [0, 0.1) is 0 Å². The first-order chi connectivity index (χ1) is 33.0. The van der Waals surface area contributed by atoms with Gasteiger partial charge in [-0.25, -0.2) is 0 Å². The average molecular weight is 940 g/mol. The van der Waals surface area contributed by atoms with Gasteiger partial charge in [-0.2, -0.15) is 0 Å². The molecule has 0 aromatic heterocycles. The van der Waals surface area contributed by atoms with E-state index in [9.17, 15) is 14.4 Å². The molecule has 390 valence electrons. The first-order valence-corrected chi connectivity index (χ1v) is 29.1. The SMILES string of the molecule is CC/C=C\C/C=C\C/C=C\C/C=C\CCCCCCCCCCCCCCCCCCC(=O)OCC(COC(=O)CCCCCCCCCCCC)OC(=O)CCCCCCCCCCCC. The van der Waals surface area contributed by atoms with Crippen LogP contribution in [0.25, 0.3) is 0 Å². The van der Waals surface area contributed by atoms with E-state index in [0.29, 0.717) is 19.3 Å². The van der Waals surface area contributed by atoms with E-state index in [4.69, 9.17) is 14.2 Å². The molecule has 0 spiro atoms. The summed E-state index contributed by atoms with van der Waals surface area (Å²) in [5.41, 5.74) is 0. The first-order valence-electron chi connectivity index (χ1n) is 29.1. The molecule has 1 atom stereocenters. The van der Waals surface area contributed by atoms with Crippen LogP contribution in [-0.4, -0.2) is 37.2 Å². The molecule has 0 aliphatic carbocycles. The number of carbonyl (C=O) groups is 3. The molecule has 0 saturated carbocycles. The highest BCUT2D eigenvalue weighted by atomic mass is 16.6. The standard InChI is InChI=1S/C61H110O6/c1-4-7-10-13-16-19-22-23-24-25-26-27-28-29-30-31-32-33-34-35-36-37-38-39-40-43-45-48-51-54-60(63)66-57-58(67-61(64)55-52-49-46-42-21-18-15-12-9-6-3)56-65-59(62)53-50-47-44-41-20-17-14-11-8-5-2/h7,10,16,19,23-24,26-27,58H,4-6,8-9,11-15,17-18,20-22,25,28-57H2,1-3H3/b10-7-,19-16-,24-23-,27-26-. The summed E-state index contributed by atoms with van der Waals surface area (Å²) in [4.78, 5) is 37.9. The second-order valence-electron chi connectivity index (χ2n) is 19.5. The number of hydrogen-bond donors (Lipinski definition) is 0. The zero-order valence-electron chi connectivity index (χ0n) is 44.7. The minimum atomic E-state index is -0.765. The molecule has 0 aliphatic rings. The lowest BCUT2D eigenvalue weighted by Crippen LogP contribution is -2.30. The van der Waals surface area contributed by atoms with Crippen LogP contribution in [0.2, 0.25) is 0 Å². The van der Waals surface area contributed by atoms with Gasteiger partial charge in [0.05, 0.1) is 0 Å². The Labute approximate surface area is 416 Å². The Morgan fingerprint density at radius 1 is 0.313 bits per heavy atom. The van der Waals surface area contributed by atoms with Crippen molar-refractivity contribution in [1.29, 1.82) is 0 Å². The Hall–Kier alpha value is -2.63. The van der Waals surface area contributed by atoms with E-state index >= 15 is 0 Å². The Kier molecular flexibility index (Phi) is 53.8. The van der Waals surface area contributed by atoms with Gasteiger partial charge in [0, 0.05) is 19.3 Å². The van der Waals surface area contributed by atoms with Crippen LogP contribution in [0.5, 0.6) is 0 Å². The average Bonchev–Trinajstić information content (AvgIpc) is 3.33. The fourth-order valence-corrected chi connectivity index (χ4v) is 8.49. The third-order valence-electron chi connectivity index (χ3n) is 12.8. The van der Waals surface area contributed by atoms with Gasteiger partial charge in [-0.1, -0.05) is 275 Å². The number of carbonyl (C=O) groups excluding carboxylic acids is 3. The lowest BCUT2D eigenvalue weighted by atomic mass is 10.0. The first kappa shape index (κ1) is 64.4. The third-order valence-corrected chi connectivity index (χ3v) is 12.8. The van der Waals surface area contributed by atoms with Gasteiger partial charge in [0.1, 0.15) is 13.2 Å². The Bertz CT molecular complexity index is 1170. The molecule has 0 rings (SSSR count). The Morgan fingerprint density at radius 3 is 0.910 bits per heavy atom. The largest absolute Gasteiger partial charge is 0.462 e. The highest BCUT2D eigenvalue weighted by Gasteiger charge is 2.19. The van der Waals surface area contributed by atoms with Crippen molar-refractivity contribution in [2.75, 3.05) is 13.2 Å². The molecule has 0 radical (unpaired) electrons. The van der Waals surface area contributed by atoms with Crippen LogP contribution < -0.4 is 0 Å². The fourth-order valence-electron chi connectivity index (χ4n) is 8.49. The van der Waals surface area contributed by atoms with E-state index in [2.05, 4.69) is 69.4 Å². The van der Waals surface area contributed by atoms with Crippen molar-refractivity contribution in [1.82, 2.24) is 0 Å². The van der Waals surface area contributed by atoms with Gasteiger partial charge >= 0.3 is 17.9 Å². The molecule has 67 heavy (non-hydrogen) atoms. The van der Waals surface area contributed by atoms with Gasteiger partial charge in [0.25, 0.3) is 0 Å². The number of hydrogen-bond acceptors (Lipinski definition) is 6. The lowest BCUT2D eigenvalue weighted by Gasteiger charge is -2.18. The number of ether oxygens (including phenoxy) is 3. The predicted molar refractivity (Wildman–Crippen MR) is 289 cm³/mol. The molecule has 6 heteroatoms. The molecule has 6 nitrogen and oxygen atoms in total. The maximum Gasteiger partial charge on any atom is 0.306 e. The van der Waals surface area contributed by atoms with Crippen LogP contribution in [-0.2, 0) is 28.6 Å². The summed E-state index contributed by atoms with van der Waals surface area (Å²) in [5, 5.41) is 0. The minimum absolute atomic E-state index is 0.0672. The molecule has 0 heterocycles. The van der Waals surface area contributed by atoms with E-state index in [1.807, 2.05) is 0 Å². The molecular formula is C61H110O6. The van der Waals surface area contributed by atoms with Gasteiger partial charge in [-0.05, 0) is 57.8 Å². The smallest absolute Gasteiger partial charge is 0.306 e. The second-order valence-corrected chi connectivity index (χ2v) is 19.5. The van der Waals surface area contributed by atoms with E-state index in [1.54, 1.807) is 0 Å².